The van der Waals surface area contributed by atoms with Crippen LogP contribution in [0.3, 0.4) is 0 Å². The third-order valence-electron chi connectivity index (χ3n) is 4.04. The van der Waals surface area contributed by atoms with Crippen LogP contribution in [0.5, 0.6) is 0 Å². The van der Waals surface area contributed by atoms with Gasteiger partial charge in [0.2, 0.25) is 0 Å². The van der Waals surface area contributed by atoms with Gasteiger partial charge in [0.05, 0.1) is 11.1 Å². The molecule has 98 valence electrons. The highest BCUT2D eigenvalue weighted by molar-refractivity contribution is 6.31. The molecule has 0 aliphatic heterocycles. The summed E-state index contributed by atoms with van der Waals surface area (Å²) >= 11 is 6.11. The van der Waals surface area contributed by atoms with E-state index in [-0.39, 0.29) is 5.41 Å². The minimum atomic E-state index is -0.394. The topological polar surface area (TPSA) is 33.1 Å². The number of aliphatic hydroxyl groups excluding tert-OH is 1. The highest BCUT2D eigenvalue weighted by Gasteiger charge is 2.50. The Morgan fingerprint density at radius 1 is 1.21 bits per heavy atom. The lowest BCUT2D eigenvalue weighted by atomic mass is 9.87. The normalized spacial score (nSPS) is 18.0. The van der Waals surface area contributed by atoms with Crippen LogP contribution in [0.1, 0.15) is 24.0 Å². The van der Waals surface area contributed by atoms with Crippen LogP contribution in [0, 0.1) is 0 Å². The van der Waals surface area contributed by atoms with Crippen molar-refractivity contribution in [3.63, 3.8) is 0 Å². The van der Waals surface area contributed by atoms with Crippen LogP contribution < -0.4 is 0 Å². The smallest absolute Gasteiger partial charge is 0.0677 e. The van der Waals surface area contributed by atoms with E-state index < -0.39 is 6.10 Å². The SMILES string of the molecule is OC(Cc1ccncc1Cl)C1(c2ccccc2)CC1. The Labute approximate surface area is 118 Å². The van der Waals surface area contributed by atoms with Gasteiger partial charge in [-0.25, -0.2) is 0 Å². The lowest BCUT2D eigenvalue weighted by Gasteiger charge is -2.23. The van der Waals surface area contributed by atoms with Gasteiger partial charge in [-0.1, -0.05) is 41.9 Å². The van der Waals surface area contributed by atoms with Crippen molar-refractivity contribution in [2.45, 2.75) is 30.8 Å². The Hall–Kier alpha value is -1.38. The van der Waals surface area contributed by atoms with Crippen LogP contribution in [0.25, 0.3) is 0 Å². The van der Waals surface area contributed by atoms with E-state index in [1.165, 1.54) is 5.56 Å². The van der Waals surface area contributed by atoms with E-state index in [9.17, 15) is 5.11 Å². The lowest BCUT2D eigenvalue weighted by Crippen LogP contribution is -2.28. The summed E-state index contributed by atoms with van der Waals surface area (Å²) in [7, 11) is 0. The summed E-state index contributed by atoms with van der Waals surface area (Å²) in [6, 6.07) is 12.1. The summed E-state index contributed by atoms with van der Waals surface area (Å²) in [5, 5.41) is 11.2. The van der Waals surface area contributed by atoms with E-state index in [2.05, 4.69) is 17.1 Å². The minimum Gasteiger partial charge on any atom is -0.392 e. The first-order chi connectivity index (χ1) is 9.22. The molecule has 1 aromatic heterocycles. The second-order valence-corrected chi connectivity index (χ2v) is 5.62. The minimum absolute atomic E-state index is 0.0755. The van der Waals surface area contributed by atoms with E-state index in [1.807, 2.05) is 24.3 Å². The standard InChI is InChI=1S/C16H16ClNO/c17-14-11-18-9-6-12(14)10-15(19)16(7-8-16)13-4-2-1-3-5-13/h1-6,9,11,15,19H,7-8,10H2. The number of rotatable bonds is 4. The number of halogens is 1. The average Bonchev–Trinajstić information content (AvgIpc) is 3.24. The van der Waals surface area contributed by atoms with E-state index >= 15 is 0 Å². The molecule has 1 N–H and O–H groups in total. The molecule has 2 aromatic rings. The molecule has 1 aliphatic carbocycles. The van der Waals surface area contributed by atoms with Crippen LogP contribution in [0.4, 0.5) is 0 Å². The molecule has 1 aliphatic rings. The zero-order valence-corrected chi connectivity index (χ0v) is 11.3. The lowest BCUT2D eigenvalue weighted by molar-refractivity contribution is 0.131. The van der Waals surface area contributed by atoms with Gasteiger partial charge in [-0.2, -0.15) is 0 Å². The number of hydrogen-bond acceptors (Lipinski definition) is 2. The molecule has 0 radical (unpaired) electrons. The maximum absolute atomic E-state index is 10.6. The number of nitrogens with zero attached hydrogens (tertiary/aromatic N) is 1. The molecule has 2 nitrogen and oxygen atoms in total. The largest absolute Gasteiger partial charge is 0.392 e. The Morgan fingerprint density at radius 3 is 2.58 bits per heavy atom. The molecule has 0 amide bonds. The summed E-state index contributed by atoms with van der Waals surface area (Å²) in [6.07, 6.45) is 5.62. The third-order valence-corrected chi connectivity index (χ3v) is 4.39. The second-order valence-electron chi connectivity index (χ2n) is 5.21. The van der Waals surface area contributed by atoms with Gasteiger partial charge < -0.3 is 5.11 Å². The van der Waals surface area contributed by atoms with Crippen molar-refractivity contribution in [2.75, 3.05) is 0 Å². The van der Waals surface area contributed by atoms with Crippen molar-refractivity contribution in [1.82, 2.24) is 4.98 Å². The molecule has 0 bridgehead atoms. The molecule has 0 saturated heterocycles. The monoisotopic (exact) mass is 273 g/mol. The molecular weight excluding hydrogens is 258 g/mol. The van der Waals surface area contributed by atoms with Crippen LogP contribution in [-0.2, 0) is 11.8 Å². The fourth-order valence-electron chi connectivity index (χ4n) is 2.69. The molecule has 1 unspecified atom stereocenters. The zero-order valence-electron chi connectivity index (χ0n) is 10.6. The van der Waals surface area contributed by atoms with Gasteiger partial charge in [-0.05, 0) is 30.0 Å². The molecule has 0 spiro atoms. The molecular formula is C16H16ClNO. The third kappa shape index (κ3) is 2.38. The van der Waals surface area contributed by atoms with Crippen molar-refractivity contribution in [2.24, 2.45) is 0 Å². The first-order valence-corrected chi connectivity index (χ1v) is 6.92. The fraction of sp³-hybridized carbons (Fsp3) is 0.312. The Bertz CT molecular complexity index is 566. The summed E-state index contributed by atoms with van der Waals surface area (Å²) in [6.45, 7) is 0. The van der Waals surface area contributed by atoms with Crippen molar-refractivity contribution in [3.05, 3.63) is 64.9 Å². The second kappa shape index (κ2) is 4.95. The maximum Gasteiger partial charge on any atom is 0.0677 e. The van der Waals surface area contributed by atoms with Crippen LogP contribution in [0.2, 0.25) is 5.02 Å². The molecule has 1 atom stereocenters. The van der Waals surface area contributed by atoms with E-state index in [4.69, 9.17) is 11.6 Å². The van der Waals surface area contributed by atoms with E-state index in [0.29, 0.717) is 11.4 Å². The van der Waals surface area contributed by atoms with Crippen LogP contribution in [-0.4, -0.2) is 16.2 Å². The number of aromatic nitrogens is 1. The molecule has 1 fully saturated rings. The first kappa shape index (κ1) is 12.6. The Morgan fingerprint density at radius 2 is 1.95 bits per heavy atom. The van der Waals surface area contributed by atoms with Crippen molar-refractivity contribution < 1.29 is 5.11 Å². The maximum atomic E-state index is 10.6. The van der Waals surface area contributed by atoms with Gasteiger partial charge in [-0.15, -0.1) is 0 Å². The highest BCUT2D eigenvalue weighted by atomic mass is 35.5. The quantitative estimate of drug-likeness (QED) is 0.926. The van der Waals surface area contributed by atoms with Gasteiger partial charge in [0.15, 0.2) is 0 Å². The van der Waals surface area contributed by atoms with Gasteiger partial charge in [0.1, 0.15) is 0 Å². The number of aliphatic hydroxyl groups is 1. The fourth-order valence-corrected chi connectivity index (χ4v) is 2.89. The number of hydrogen-bond donors (Lipinski definition) is 1. The highest BCUT2D eigenvalue weighted by Crippen LogP contribution is 2.51. The van der Waals surface area contributed by atoms with Gasteiger partial charge in [-0.3, -0.25) is 4.98 Å². The molecule has 1 heterocycles. The Balaban J connectivity index is 1.82. The van der Waals surface area contributed by atoms with Crippen molar-refractivity contribution in [1.29, 1.82) is 0 Å². The van der Waals surface area contributed by atoms with Gasteiger partial charge in [0, 0.05) is 24.2 Å². The first-order valence-electron chi connectivity index (χ1n) is 6.54. The summed E-state index contributed by atoms with van der Waals surface area (Å²) < 4.78 is 0. The van der Waals surface area contributed by atoms with Crippen molar-refractivity contribution in [3.8, 4) is 0 Å². The molecule has 3 rings (SSSR count). The summed E-state index contributed by atoms with van der Waals surface area (Å²) in [5.41, 5.74) is 2.12. The van der Waals surface area contributed by atoms with E-state index in [0.717, 1.165) is 18.4 Å². The molecule has 3 heteroatoms. The Kier molecular flexibility index (Phi) is 3.29. The number of benzene rings is 1. The molecule has 1 saturated carbocycles. The zero-order chi connectivity index (χ0) is 13.3. The molecule has 1 aromatic carbocycles. The predicted molar refractivity (Wildman–Crippen MR) is 76.3 cm³/mol. The van der Waals surface area contributed by atoms with Gasteiger partial charge in [0.25, 0.3) is 0 Å². The van der Waals surface area contributed by atoms with Gasteiger partial charge >= 0.3 is 0 Å². The predicted octanol–water partition coefficient (Wildman–Crippen LogP) is 3.37. The van der Waals surface area contributed by atoms with E-state index in [1.54, 1.807) is 12.4 Å². The number of pyridine rings is 1. The van der Waals surface area contributed by atoms with Crippen LogP contribution in [0.15, 0.2) is 48.8 Å². The van der Waals surface area contributed by atoms with Crippen LogP contribution >= 0.6 is 11.6 Å². The summed E-state index contributed by atoms with van der Waals surface area (Å²) in [5.74, 6) is 0. The van der Waals surface area contributed by atoms with Crippen molar-refractivity contribution >= 4 is 11.6 Å². The average molecular weight is 274 g/mol. The molecule has 19 heavy (non-hydrogen) atoms. The summed E-state index contributed by atoms with van der Waals surface area (Å²) in [4.78, 5) is 3.97.